The van der Waals surface area contributed by atoms with Crippen molar-refractivity contribution in [2.24, 2.45) is 0 Å². The van der Waals surface area contributed by atoms with Crippen molar-refractivity contribution in [3.8, 4) is 6.07 Å². The number of halogens is 1. The maximum absolute atomic E-state index is 13.9. The highest BCUT2D eigenvalue weighted by atomic mass is 19.1. The standard InChI is InChI=1S/C22H19FN4O5.C8H8N2/c1-3-8-32-22(31)13-4-5-14-12(11(13)2)6-7-16(14)26-20(28)18-9-17(21(29)30)25-19-15(23)10-24-27(18)19;1-2-7-3-4-10-8(5-7)6-9/h3-5,9-10,16H,1,6-8H2,2H3,(H,26,28)(H,29,30);3-5H,2H2,1H3/t16-;/m0./s1. The van der Waals surface area contributed by atoms with Crippen LogP contribution in [-0.2, 0) is 17.6 Å². The number of pyridine rings is 1. The number of carbonyl (C=O) groups excluding carboxylic acids is 2. The lowest BCUT2D eigenvalue weighted by molar-refractivity contribution is 0.0548. The predicted molar refractivity (Wildman–Crippen MR) is 148 cm³/mol. The molecule has 214 valence electrons. The van der Waals surface area contributed by atoms with Crippen molar-refractivity contribution in [3.63, 3.8) is 0 Å². The van der Waals surface area contributed by atoms with Crippen LogP contribution in [0.3, 0.4) is 0 Å². The molecule has 11 nitrogen and oxygen atoms in total. The fourth-order valence-electron chi connectivity index (χ4n) is 4.66. The number of aryl methyl sites for hydroxylation is 1. The number of nitrogens with one attached hydrogen (secondary N) is 1. The molecule has 0 unspecified atom stereocenters. The average Bonchev–Trinajstić information content (AvgIpc) is 3.59. The van der Waals surface area contributed by atoms with E-state index >= 15 is 0 Å². The fourth-order valence-corrected chi connectivity index (χ4v) is 4.66. The summed E-state index contributed by atoms with van der Waals surface area (Å²) in [5.41, 5.74) is 3.73. The molecule has 1 aromatic carbocycles. The lowest BCUT2D eigenvalue weighted by Crippen LogP contribution is -2.29. The summed E-state index contributed by atoms with van der Waals surface area (Å²) in [4.78, 5) is 44.1. The molecule has 1 atom stereocenters. The van der Waals surface area contributed by atoms with E-state index in [0.29, 0.717) is 24.1 Å². The summed E-state index contributed by atoms with van der Waals surface area (Å²) in [6.45, 7) is 7.51. The number of nitrogens with zero attached hydrogens (tertiary/aromatic N) is 5. The number of fused-ring (bicyclic) bond motifs is 2. The van der Waals surface area contributed by atoms with Crippen molar-refractivity contribution in [1.82, 2.24) is 24.9 Å². The van der Waals surface area contributed by atoms with Gasteiger partial charge in [-0.1, -0.05) is 25.6 Å². The Kier molecular flexibility index (Phi) is 9.02. The number of rotatable bonds is 7. The Morgan fingerprint density at radius 2 is 2.10 bits per heavy atom. The normalized spacial score (nSPS) is 13.3. The number of esters is 1. The van der Waals surface area contributed by atoms with Gasteiger partial charge in [-0.3, -0.25) is 4.79 Å². The Bertz CT molecular complexity index is 1740. The van der Waals surface area contributed by atoms with Crippen LogP contribution in [0.2, 0.25) is 0 Å². The van der Waals surface area contributed by atoms with Gasteiger partial charge in [0.15, 0.2) is 17.2 Å². The number of hydrogen-bond donors (Lipinski definition) is 2. The number of carbonyl (C=O) groups is 3. The largest absolute Gasteiger partial charge is 0.477 e. The first kappa shape index (κ1) is 29.5. The van der Waals surface area contributed by atoms with Crippen LogP contribution in [0.15, 0.2) is 55.4 Å². The molecule has 42 heavy (non-hydrogen) atoms. The maximum Gasteiger partial charge on any atom is 0.354 e. The number of hydrogen-bond acceptors (Lipinski definition) is 8. The van der Waals surface area contributed by atoms with Gasteiger partial charge in [0.1, 0.15) is 24.1 Å². The zero-order chi connectivity index (χ0) is 30.4. The van der Waals surface area contributed by atoms with E-state index in [2.05, 4.69) is 33.9 Å². The Labute approximate surface area is 240 Å². The van der Waals surface area contributed by atoms with Crippen LogP contribution in [0.1, 0.15) is 78.7 Å². The minimum atomic E-state index is -1.39. The van der Waals surface area contributed by atoms with E-state index in [1.807, 2.05) is 19.1 Å². The summed E-state index contributed by atoms with van der Waals surface area (Å²) in [5.74, 6) is -3.29. The van der Waals surface area contributed by atoms with Crippen molar-refractivity contribution < 1.29 is 28.6 Å². The van der Waals surface area contributed by atoms with Crippen LogP contribution < -0.4 is 5.32 Å². The molecular formula is C30H27FN6O5. The Balaban J connectivity index is 0.000000343. The monoisotopic (exact) mass is 570 g/mol. The lowest BCUT2D eigenvalue weighted by Gasteiger charge is -2.16. The summed E-state index contributed by atoms with van der Waals surface area (Å²) in [6, 6.07) is 9.82. The second kappa shape index (κ2) is 12.8. The van der Waals surface area contributed by atoms with Crippen molar-refractivity contribution in [2.45, 2.75) is 39.2 Å². The molecule has 1 aliphatic carbocycles. The van der Waals surface area contributed by atoms with E-state index in [4.69, 9.17) is 10.00 Å². The van der Waals surface area contributed by atoms with Crippen molar-refractivity contribution in [2.75, 3.05) is 6.61 Å². The number of nitriles is 1. The van der Waals surface area contributed by atoms with Crippen molar-refractivity contribution in [1.29, 1.82) is 5.26 Å². The molecule has 4 aromatic rings. The quantitative estimate of drug-likeness (QED) is 0.246. The molecule has 0 aliphatic heterocycles. The average molecular weight is 571 g/mol. The highest BCUT2D eigenvalue weighted by molar-refractivity contribution is 5.96. The van der Waals surface area contributed by atoms with Gasteiger partial charge in [-0.05, 0) is 66.6 Å². The Morgan fingerprint density at radius 3 is 2.79 bits per heavy atom. The van der Waals surface area contributed by atoms with Gasteiger partial charge in [-0.2, -0.15) is 10.4 Å². The van der Waals surface area contributed by atoms with Crippen LogP contribution in [-0.4, -0.2) is 49.1 Å². The summed E-state index contributed by atoms with van der Waals surface area (Å²) < 4.78 is 20.0. The van der Waals surface area contributed by atoms with E-state index in [-0.39, 0.29) is 24.0 Å². The molecule has 2 N–H and O–H groups in total. The van der Waals surface area contributed by atoms with Gasteiger partial charge >= 0.3 is 11.9 Å². The topological polar surface area (TPSA) is 160 Å². The van der Waals surface area contributed by atoms with E-state index in [1.54, 1.807) is 24.4 Å². The first-order valence-corrected chi connectivity index (χ1v) is 13.0. The minimum absolute atomic E-state index is 0.112. The third kappa shape index (κ3) is 6.15. The van der Waals surface area contributed by atoms with Gasteiger partial charge in [0, 0.05) is 12.3 Å². The smallest absolute Gasteiger partial charge is 0.354 e. The first-order chi connectivity index (χ1) is 20.2. The van der Waals surface area contributed by atoms with E-state index in [9.17, 15) is 23.9 Å². The molecule has 3 heterocycles. The van der Waals surface area contributed by atoms with Gasteiger partial charge in [-0.25, -0.2) is 28.5 Å². The van der Waals surface area contributed by atoms with Gasteiger partial charge in [0.05, 0.1) is 17.8 Å². The van der Waals surface area contributed by atoms with Crippen molar-refractivity contribution in [3.05, 3.63) is 106 Å². The lowest BCUT2D eigenvalue weighted by atomic mass is 9.98. The number of aromatic nitrogens is 4. The molecule has 0 saturated heterocycles. The number of benzene rings is 1. The third-order valence-electron chi connectivity index (χ3n) is 6.78. The molecule has 0 bridgehead atoms. The van der Waals surface area contributed by atoms with Crippen LogP contribution in [0, 0.1) is 24.1 Å². The number of carboxylic acids is 1. The maximum atomic E-state index is 13.9. The van der Waals surface area contributed by atoms with Crippen LogP contribution >= 0.6 is 0 Å². The molecule has 0 saturated carbocycles. The van der Waals surface area contributed by atoms with Gasteiger partial charge in [0.25, 0.3) is 5.91 Å². The zero-order valence-electron chi connectivity index (χ0n) is 22.9. The van der Waals surface area contributed by atoms with E-state index in [0.717, 1.165) is 45.5 Å². The number of amides is 1. The highest BCUT2D eigenvalue weighted by Crippen LogP contribution is 2.35. The highest BCUT2D eigenvalue weighted by Gasteiger charge is 2.29. The molecule has 0 fully saturated rings. The van der Waals surface area contributed by atoms with Crippen LogP contribution in [0.4, 0.5) is 4.39 Å². The summed E-state index contributed by atoms with van der Waals surface area (Å²) in [6.07, 6.45) is 6.20. The third-order valence-corrected chi connectivity index (χ3v) is 6.78. The first-order valence-electron chi connectivity index (χ1n) is 13.0. The van der Waals surface area contributed by atoms with E-state index < -0.39 is 29.4 Å². The molecule has 3 aromatic heterocycles. The zero-order valence-corrected chi connectivity index (χ0v) is 22.9. The van der Waals surface area contributed by atoms with E-state index in [1.165, 1.54) is 6.08 Å². The molecule has 12 heteroatoms. The summed E-state index contributed by atoms with van der Waals surface area (Å²) >= 11 is 0. The predicted octanol–water partition coefficient (Wildman–Crippen LogP) is 4.15. The van der Waals surface area contributed by atoms with Crippen LogP contribution in [0.5, 0.6) is 0 Å². The minimum Gasteiger partial charge on any atom is -0.477 e. The molecule has 5 rings (SSSR count). The second-order valence-corrected chi connectivity index (χ2v) is 9.33. The molecule has 1 amide bonds. The molecular weight excluding hydrogens is 543 g/mol. The fraction of sp³-hybridized carbons (Fsp3) is 0.233. The summed E-state index contributed by atoms with van der Waals surface area (Å²) in [5, 5.41) is 24.4. The Hall–Kier alpha value is -5.44. The number of aromatic carboxylic acids is 1. The molecule has 0 spiro atoms. The molecule has 0 radical (unpaired) electrons. The Morgan fingerprint density at radius 1 is 1.31 bits per heavy atom. The van der Waals surface area contributed by atoms with Crippen LogP contribution in [0.25, 0.3) is 5.65 Å². The number of ether oxygens (including phenoxy) is 1. The molecule has 1 aliphatic rings. The second-order valence-electron chi connectivity index (χ2n) is 9.33. The van der Waals surface area contributed by atoms with Crippen molar-refractivity contribution >= 4 is 23.5 Å². The van der Waals surface area contributed by atoms with Gasteiger partial charge < -0.3 is 15.2 Å². The van der Waals surface area contributed by atoms with Gasteiger partial charge in [0.2, 0.25) is 0 Å². The SMILES string of the molecule is C=CCOC(=O)c1ccc2c(c1C)CC[C@@H]2NC(=O)c1cc(C(=O)O)nc2c(F)cnn12.CCc1ccnc(C#N)c1. The number of carboxylic acid groups (broad SMARTS) is 1. The summed E-state index contributed by atoms with van der Waals surface area (Å²) in [7, 11) is 0. The van der Waals surface area contributed by atoms with Gasteiger partial charge in [-0.15, -0.1) is 0 Å².